The number of para-hydroxylation sites is 1. The van der Waals surface area contributed by atoms with E-state index in [-0.39, 0.29) is 12.1 Å². The van der Waals surface area contributed by atoms with E-state index in [1.165, 1.54) is 5.56 Å². The van der Waals surface area contributed by atoms with E-state index in [0.29, 0.717) is 11.7 Å². The first-order chi connectivity index (χ1) is 13.3. The minimum atomic E-state index is -0.152. The lowest BCUT2D eigenvalue weighted by molar-refractivity contribution is 0.193. The molecule has 28 heavy (non-hydrogen) atoms. The van der Waals surface area contributed by atoms with Crippen LogP contribution in [0.2, 0.25) is 5.15 Å². The summed E-state index contributed by atoms with van der Waals surface area (Å²) in [5.41, 5.74) is 5.86. The Balaban J connectivity index is 1.91. The maximum absolute atomic E-state index is 12.9. The number of urea groups is 1. The predicted molar refractivity (Wildman–Crippen MR) is 117 cm³/mol. The fraction of sp³-hybridized carbons (Fsp3) is 0.304. The van der Waals surface area contributed by atoms with Gasteiger partial charge in [-0.3, -0.25) is 0 Å². The van der Waals surface area contributed by atoms with E-state index in [1.807, 2.05) is 58.0 Å². The summed E-state index contributed by atoms with van der Waals surface area (Å²) >= 11 is 6.48. The van der Waals surface area contributed by atoms with Crippen LogP contribution in [0, 0.1) is 20.8 Å². The van der Waals surface area contributed by atoms with Crippen LogP contribution in [0.3, 0.4) is 0 Å². The number of carbonyl (C=O) groups is 1. The van der Waals surface area contributed by atoms with Crippen LogP contribution in [-0.4, -0.2) is 22.0 Å². The number of benzene rings is 2. The Morgan fingerprint density at radius 3 is 2.50 bits per heavy atom. The molecule has 1 N–H and O–H groups in total. The van der Waals surface area contributed by atoms with Gasteiger partial charge in [-0.2, -0.15) is 0 Å². The van der Waals surface area contributed by atoms with E-state index in [9.17, 15) is 4.79 Å². The molecule has 0 radical (unpaired) electrons. The van der Waals surface area contributed by atoms with Crippen molar-refractivity contribution in [2.24, 2.45) is 0 Å². The molecule has 3 aromatic rings. The van der Waals surface area contributed by atoms with E-state index in [0.717, 1.165) is 33.3 Å². The molecule has 3 rings (SSSR count). The van der Waals surface area contributed by atoms with Crippen LogP contribution in [0.4, 0.5) is 10.5 Å². The zero-order valence-corrected chi connectivity index (χ0v) is 17.8. The Hall–Kier alpha value is -2.59. The first-order valence-electron chi connectivity index (χ1n) is 9.46. The second-order valence-electron chi connectivity index (χ2n) is 7.56. The predicted octanol–water partition coefficient (Wildman–Crippen LogP) is 6.26. The lowest BCUT2D eigenvalue weighted by Crippen LogP contribution is -2.39. The van der Waals surface area contributed by atoms with E-state index < -0.39 is 0 Å². The molecule has 0 saturated carbocycles. The zero-order valence-electron chi connectivity index (χ0n) is 17.0. The number of carbonyl (C=O) groups excluding carboxylic acids is 1. The van der Waals surface area contributed by atoms with Crippen LogP contribution in [-0.2, 0) is 6.54 Å². The van der Waals surface area contributed by atoms with Gasteiger partial charge < -0.3 is 10.2 Å². The summed E-state index contributed by atoms with van der Waals surface area (Å²) in [7, 11) is 0. The third-order valence-electron chi connectivity index (χ3n) is 4.89. The minimum Gasteiger partial charge on any atom is -0.318 e. The minimum absolute atomic E-state index is 0.00928. The molecule has 0 aliphatic heterocycles. The average Bonchev–Trinajstić information content (AvgIpc) is 2.62. The van der Waals surface area contributed by atoms with Gasteiger partial charge in [-0.15, -0.1) is 0 Å². The van der Waals surface area contributed by atoms with Crippen molar-refractivity contribution in [3.05, 3.63) is 69.9 Å². The van der Waals surface area contributed by atoms with Gasteiger partial charge in [0.1, 0.15) is 5.15 Å². The zero-order chi connectivity index (χ0) is 20.4. The van der Waals surface area contributed by atoms with Crippen molar-refractivity contribution in [2.75, 3.05) is 5.32 Å². The average molecular weight is 396 g/mol. The van der Waals surface area contributed by atoms with Crippen molar-refractivity contribution in [1.82, 2.24) is 9.88 Å². The number of rotatable bonds is 4. The molecule has 146 valence electrons. The van der Waals surface area contributed by atoms with Crippen molar-refractivity contribution >= 4 is 34.2 Å². The molecule has 0 aliphatic carbocycles. The number of fused-ring (bicyclic) bond motifs is 1. The number of halogens is 1. The number of aryl methyl sites for hydroxylation is 3. The van der Waals surface area contributed by atoms with Crippen molar-refractivity contribution in [3.8, 4) is 0 Å². The number of amides is 2. The van der Waals surface area contributed by atoms with Crippen LogP contribution >= 0.6 is 11.6 Å². The third kappa shape index (κ3) is 4.28. The molecular weight excluding hydrogens is 370 g/mol. The molecule has 5 heteroatoms. The largest absolute Gasteiger partial charge is 0.322 e. The topological polar surface area (TPSA) is 45.2 Å². The lowest BCUT2D eigenvalue weighted by Gasteiger charge is -2.28. The number of anilines is 1. The molecule has 4 nitrogen and oxygen atoms in total. The van der Waals surface area contributed by atoms with Gasteiger partial charge in [-0.05, 0) is 63.9 Å². The van der Waals surface area contributed by atoms with Crippen LogP contribution in [0.1, 0.15) is 36.1 Å². The summed E-state index contributed by atoms with van der Waals surface area (Å²) in [4.78, 5) is 19.3. The van der Waals surface area contributed by atoms with Gasteiger partial charge in [0.15, 0.2) is 0 Å². The highest BCUT2D eigenvalue weighted by atomic mass is 35.5. The maximum atomic E-state index is 12.9. The molecule has 2 amide bonds. The van der Waals surface area contributed by atoms with E-state index in [2.05, 4.69) is 29.4 Å². The lowest BCUT2D eigenvalue weighted by atomic mass is 10.1. The van der Waals surface area contributed by atoms with Gasteiger partial charge in [0.2, 0.25) is 0 Å². The summed E-state index contributed by atoms with van der Waals surface area (Å²) in [6.45, 7) is 10.5. The standard InChI is InChI=1S/C23H26ClN3O/c1-14(2)27(23(28)25-20-9-7-6-8-16(20)4)13-19-12-18-11-15(3)10-17(5)21(18)26-22(19)24/h6-12,14H,13H2,1-5H3,(H,25,28). The highest BCUT2D eigenvalue weighted by molar-refractivity contribution is 6.30. The SMILES string of the molecule is Cc1cc(C)c2nc(Cl)c(CN(C(=O)Nc3ccccc3C)C(C)C)cc2c1. The molecule has 0 unspecified atom stereocenters. The normalized spacial score (nSPS) is 11.1. The van der Waals surface area contributed by atoms with E-state index in [1.54, 1.807) is 4.90 Å². The summed E-state index contributed by atoms with van der Waals surface area (Å²) in [5, 5.41) is 4.49. The molecule has 0 aliphatic rings. The van der Waals surface area contributed by atoms with Crippen LogP contribution in [0.5, 0.6) is 0 Å². The summed E-state index contributed by atoms with van der Waals surface area (Å²) in [6.07, 6.45) is 0. The van der Waals surface area contributed by atoms with Crippen molar-refractivity contribution in [2.45, 2.75) is 47.2 Å². The molecule has 1 aromatic heterocycles. The van der Waals surface area contributed by atoms with E-state index >= 15 is 0 Å². The number of hydrogen-bond acceptors (Lipinski definition) is 2. The molecule has 0 atom stereocenters. The first kappa shape index (κ1) is 20.2. The van der Waals surface area contributed by atoms with Crippen molar-refractivity contribution in [3.63, 3.8) is 0 Å². The maximum Gasteiger partial charge on any atom is 0.322 e. The van der Waals surface area contributed by atoms with Gasteiger partial charge in [-0.1, -0.05) is 41.4 Å². The number of nitrogens with one attached hydrogen (secondary N) is 1. The highest BCUT2D eigenvalue weighted by Crippen LogP contribution is 2.26. The second-order valence-corrected chi connectivity index (χ2v) is 7.92. The number of nitrogens with zero attached hydrogens (tertiary/aromatic N) is 2. The van der Waals surface area contributed by atoms with Gasteiger partial charge >= 0.3 is 6.03 Å². The Morgan fingerprint density at radius 2 is 1.82 bits per heavy atom. The molecular formula is C23H26ClN3O. The molecule has 0 saturated heterocycles. The fourth-order valence-electron chi connectivity index (χ4n) is 3.36. The molecule has 1 heterocycles. The monoisotopic (exact) mass is 395 g/mol. The molecule has 2 aromatic carbocycles. The second kappa shape index (κ2) is 8.19. The molecule has 0 fully saturated rings. The highest BCUT2D eigenvalue weighted by Gasteiger charge is 2.20. The van der Waals surface area contributed by atoms with Gasteiger partial charge in [0.25, 0.3) is 0 Å². The quantitative estimate of drug-likeness (QED) is 0.530. The van der Waals surface area contributed by atoms with E-state index in [4.69, 9.17) is 11.6 Å². The van der Waals surface area contributed by atoms with Crippen molar-refractivity contribution in [1.29, 1.82) is 0 Å². The third-order valence-corrected chi connectivity index (χ3v) is 5.22. The van der Waals surface area contributed by atoms with Crippen molar-refractivity contribution < 1.29 is 4.79 Å². The van der Waals surface area contributed by atoms with Crippen LogP contribution < -0.4 is 5.32 Å². The molecule has 0 bridgehead atoms. The number of hydrogen-bond donors (Lipinski definition) is 1. The number of pyridine rings is 1. The van der Waals surface area contributed by atoms with Crippen LogP contribution in [0.25, 0.3) is 10.9 Å². The smallest absolute Gasteiger partial charge is 0.318 e. The summed E-state index contributed by atoms with van der Waals surface area (Å²) in [5.74, 6) is 0. The summed E-state index contributed by atoms with van der Waals surface area (Å²) < 4.78 is 0. The fourth-order valence-corrected chi connectivity index (χ4v) is 3.56. The van der Waals surface area contributed by atoms with Gasteiger partial charge in [0.05, 0.1) is 12.1 Å². The summed E-state index contributed by atoms with van der Waals surface area (Å²) in [6, 6.07) is 13.8. The molecule has 0 spiro atoms. The van der Waals surface area contributed by atoms with Crippen LogP contribution in [0.15, 0.2) is 42.5 Å². The Labute approximate surface area is 171 Å². The first-order valence-corrected chi connectivity index (χ1v) is 9.83. The Morgan fingerprint density at radius 1 is 1.11 bits per heavy atom. The van der Waals surface area contributed by atoms with Gasteiger partial charge in [0, 0.05) is 22.7 Å². The Bertz CT molecular complexity index is 1030. The Kier molecular flexibility index (Phi) is 5.90. The number of aromatic nitrogens is 1. The van der Waals surface area contributed by atoms with Gasteiger partial charge in [-0.25, -0.2) is 9.78 Å².